The van der Waals surface area contributed by atoms with Gasteiger partial charge in [0.1, 0.15) is 5.69 Å². The Labute approximate surface area is 175 Å². The van der Waals surface area contributed by atoms with Gasteiger partial charge < -0.3 is 15.4 Å². The molecule has 146 valence electrons. The van der Waals surface area contributed by atoms with Crippen molar-refractivity contribution in [1.29, 1.82) is 0 Å². The highest BCUT2D eigenvalue weighted by Crippen LogP contribution is 2.11. The van der Waals surface area contributed by atoms with E-state index in [9.17, 15) is 4.79 Å². The predicted octanol–water partition coefficient (Wildman–Crippen LogP) is 4.47. The number of rotatable bonds is 6. The van der Waals surface area contributed by atoms with Crippen molar-refractivity contribution >= 4 is 23.3 Å². The van der Waals surface area contributed by atoms with E-state index < -0.39 is 0 Å². The number of carbonyl (C=O) groups is 1. The fourth-order valence-corrected chi connectivity index (χ4v) is 2.56. The highest BCUT2D eigenvalue weighted by molar-refractivity contribution is 6.30. The molecule has 0 saturated carbocycles. The zero-order valence-electron chi connectivity index (χ0n) is 15.7. The van der Waals surface area contributed by atoms with Crippen molar-refractivity contribution in [3.8, 4) is 11.8 Å². The predicted molar refractivity (Wildman–Crippen MR) is 115 cm³/mol. The second-order valence-corrected chi connectivity index (χ2v) is 6.54. The quantitative estimate of drug-likeness (QED) is 0.469. The van der Waals surface area contributed by atoms with Gasteiger partial charge in [-0.1, -0.05) is 41.8 Å². The zero-order valence-corrected chi connectivity index (χ0v) is 16.4. The molecule has 0 saturated heterocycles. The minimum Gasteiger partial charge on any atom is -0.375 e. The molecule has 1 heterocycles. The maximum Gasteiger partial charge on any atom is 0.319 e. The normalized spacial score (nSPS) is 9.97. The monoisotopic (exact) mass is 405 g/mol. The van der Waals surface area contributed by atoms with E-state index in [0.717, 1.165) is 11.1 Å². The summed E-state index contributed by atoms with van der Waals surface area (Å²) in [5, 5.41) is 6.25. The molecule has 0 fully saturated rings. The van der Waals surface area contributed by atoms with E-state index in [4.69, 9.17) is 16.3 Å². The van der Waals surface area contributed by atoms with Crippen molar-refractivity contribution in [2.75, 3.05) is 18.5 Å². The molecule has 0 aliphatic carbocycles. The Morgan fingerprint density at radius 3 is 2.69 bits per heavy atom. The van der Waals surface area contributed by atoms with Crippen LogP contribution in [0.25, 0.3) is 0 Å². The number of urea groups is 1. The molecule has 0 bridgehead atoms. The van der Waals surface area contributed by atoms with Gasteiger partial charge >= 0.3 is 6.03 Å². The molecule has 0 spiro atoms. The summed E-state index contributed by atoms with van der Waals surface area (Å²) in [6, 6.07) is 20.1. The molecular weight excluding hydrogens is 386 g/mol. The number of anilines is 1. The average Bonchev–Trinajstić information content (AvgIpc) is 2.74. The standard InChI is InChI=1S/C23H20ClN3O2/c24-20-10-7-19(8-11-20)17-29-15-14-26-23(28)27-22-6-3-4-18(16-22)9-12-21-5-1-2-13-25-21/h1-8,10-11,13,16H,14-15,17H2,(H2,26,27,28). The minimum absolute atomic E-state index is 0.296. The van der Waals surface area contributed by atoms with Crippen molar-refractivity contribution in [1.82, 2.24) is 10.3 Å². The highest BCUT2D eigenvalue weighted by Gasteiger charge is 2.02. The first-order valence-corrected chi connectivity index (χ1v) is 9.47. The lowest BCUT2D eigenvalue weighted by Crippen LogP contribution is -2.31. The summed E-state index contributed by atoms with van der Waals surface area (Å²) in [6.07, 6.45) is 1.70. The molecule has 0 unspecified atom stereocenters. The van der Waals surface area contributed by atoms with E-state index in [1.165, 1.54) is 0 Å². The molecule has 5 nitrogen and oxygen atoms in total. The summed E-state index contributed by atoms with van der Waals surface area (Å²) in [5.41, 5.74) is 3.18. The molecular formula is C23H20ClN3O2. The Hall–Kier alpha value is -3.33. The first kappa shape index (κ1) is 20.4. The zero-order chi connectivity index (χ0) is 20.3. The number of pyridine rings is 1. The number of amides is 2. The van der Waals surface area contributed by atoms with Crippen molar-refractivity contribution in [3.63, 3.8) is 0 Å². The average molecular weight is 406 g/mol. The Balaban J connectivity index is 1.41. The third-order valence-corrected chi connectivity index (χ3v) is 4.09. The number of nitrogens with one attached hydrogen (secondary N) is 2. The van der Waals surface area contributed by atoms with Crippen LogP contribution in [0.15, 0.2) is 72.9 Å². The minimum atomic E-state index is -0.296. The number of halogens is 1. The molecule has 0 aliphatic heterocycles. The van der Waals surface area contributed by atoms with Crippen LogP contribution in [-0.2, 0) is 11.3 Å². The largest absolute Gasteiger partial charge is 0.375 e. The van der Waals surface area contributed by atoms with E-state index in [-0.39, 0.29) is 6.03 Å². The van der Waals surface area contributed by atoms with Crippen LogP contribution in [0.1, 0.15) is 16.8 Å². The van der Waals surface area contributed by atoms with E-state index in [1.54, 1.807) is 6.20 Å². The van der Waals surface area contributed by atoms with Crippen LogP contribution in [0.3, 0.4) is 0 Å². The fraction of sp³-hybridized carbons (Fsp3) is 0.130. The van der Waals surface area contributed by atoms with Gasteiger partial charge in [0.25, 0.3) is 0 Å². The Bertz CT molecular complexity index is 996. The van der Waals surface area contributed by atoms with E-state index in [0.29, 0.717) is 36.2 Å². The SMILES string of the molecule is O=C(NCCOCc1ccc(Cl)cc1)Nc1cccc(C#Cc2ccccn2)c1. The Kier molecular flexibility index (Phi) is 7.64. The summed E-state index contributed by atoms with van der Waals surface area (Å²) in [5.74, 6) is 6.03. The van der Waals surface area contributed by atoms with Crippen LogP contribution in [-0.4, -0.2) is 24.2 Å². The molecule has 0 aliphatic rings. The molecule has 0 radical (unpaired) electrons. The van der Waals surface area contributed by atoms with Gasteiger partial charge in [0.2, 0.25) is 0 Å². The molecule has 3 rings (SSSR count). The molecule has 6 heteroatoms. The molecule has 29 heavy (non-hydrogen) atoms. The smallest absolute Gasteiger partial charge is 0.319 e. The number of hydrogen-bond donors (Lipinski definition) is 2. The van der Waals surface area contributed by atoms with Crippen molar-refractivity contribution in [2.24, 2.45) is 0 Å². The number of nitrogens with zero attached hydrogens (tertiary/aromatic N) is 1. The maximum absolute atomic E-state index is 12.0. The van der Waals surface area contributed by atoms with Gasteiger partial charge in [-0.3, -0.25) is 0 Å². The summed E-state index contributed by atoms with van der Waals surface area (Å²) in [7, 11) is 0. The molecule has 2 N–H and O–H groups in total. The van der Waals surface area contributed by atoms with Crippen LogP contribution in [0.5, 0.6) is 0 Å². The van der Waals surface area contributed by atoms with Gasteiger partial charge in [0.15, 0.2) is 0 Å². The van der Waals surface area contributed by atoms with Crippen LogP contribution >= 0.6 is 11.6 Å². The van der Waals surface area contributed by atoms with Gasteiger partial charge in [0.05, 0.1) is 13.2 Å². The van der Waals surface area contributed by atoms with Crippen LogP contribution in [0.4, 0.5) is 10.5 Å². The Morgan fingerprint density at radius 2 is 1.90 bits per heavy atom. The van der Waals surface area contributed by atoms with Gasteiger partial charge in [0, 0.05) is 29.0 Å². The van der Waals surface area contributed by atoms with E-state index in [2.05, 4.69) is 27.5 Å². The topological polar surface area (TPSA) is 63.2 Å². The third kappa shape index (κ3) is 7.30. The number of hydrogen-bond acceptors (Lipinski definition) is 3. The van der Waals surface area contributed by atoms with Gasteiger partial charge in [-0.05, 0) is 53.9 Å². The number of ether oxygens (including phenoxy) is 1. The number of aromatic nitrogens is 1. The number of benzene rings is 2. The molecule has 0 atom stereocenters. The van der Waals surface area contributed by atoms with Crippen molar-refractivity contribution in [2.45, 2.75) is 6.61 Å². The molecule has 1 aromatic heterocycles. The van der Waals surface area contributed by atoms with Crippen LogP contribution in [0.2, 0.25) is 5.02 Å². The van der Waals surface area contributed by atoms with Gasteiger partial charge in [-0.2, -0.15) is 0 Å². The van der Waals surface area contributed by atoms with Crippen LogP contribution in [0, 0.1) is 11.8 Å². The maximum atomic E-state index is 12.0. The molecule has 3 aromatic rings. The first-order valence-electron chi connectivity index (χ1n) is 9.09. The summed E-state index contributed by atoms with van der Waals surface area (Å²) in [4.78, 5) is 16.2. The third-order valence-electron chi connectivity index (χ3n) is 3.83. The Morgan fingerprint density at radius 1 is 1.03 bits per heavy atom. The second-order valence-electron chi connectivity index (χ2n) is 6.11. The van der Waals surface area contributed by atoms with Crippen molar-refractivity contribution in [3.05, 3.63) is 94.8 Å². The summed E-state index contributed by atoms with van der Waals surface area (Å²) >= 11 is 5.85. The van der Waals surface area contributed by atoms with Gasteiger partial charge in [-0.15, -0.1) is 0 Å². The lowest BCUT2D eigenvalue weighted by atomic mass is 10.2. The first-order chi connectivity index (χ1) is 14.2. The highest BCUT2D eigenvalue weighted by atomic mass is 35.5. The lowest BCUT2D eigenvalue weighted by Gasteiger charge is -2.09. The second kappa shape index (κ2) is 10.9. The van der Waals surface area contributed by atoms with Gasteiger partial charge in [-0.25, -0.2) is 9.78 Å². The summed E-state index contributed by atoms with van der Waals surface area (Å²) < 4.78 is 5.54. The summed E-state index contributed by atoms with van der Waals surface area (Å²) in [6.45, 7) is 1.28. The fourth-order valence-electron chi connectivity index (χ4n) is 2.43. The number of carbonyl (C=O) groups excluding carboxylic acids is 1. The van der Waals surface area contributed by atoms with Crippen molar-refractivity contribution < 1.29 is 9.53 Å². The van der Waals surface area contributed by atoms with E-state index >= 15 is 0 Å². The van der Waals surface area contributed by atoms with Crippen LogP contribution < -0.4 is 10.6 Å². The lowest BCUT2D eigenvalue weighted by molar-refractivity contribution is 0.124. The molecule has 2 aromatic carbocycles. The molecule has 2 amide bonds. The van der Waals surface area contributed by atoms with E-state index in [1.807, 2.05) is 66.7 Å².